The molecule has 0 saturated heterocycles. The number of aromatic nitrogens is 2. The molecule has 1 aliphatic rings. The van der Waals surface area contributed by atoms with Gasteiger partial charge in [-0.2, -0.15) is 0 Å². The molecule has 0 unspecified atom stereocenters. The SMILES string of the molecule is [K][c]1cc2n(n1)CCC2. The van der Waals surface area contributed by atoms with Gasteiger partial charge >= 0.3 is 89.7 Å². The number of hydrogen-bond acceptors (Lipinski definition) is 1. The third-order valence-corrected chi connectivity index (χ3v) is 2.55. The zero-order valence-electron chi connectivity index (χ0n) is 5.59. The topological polar surface area (TPSA) is 17.8 Å². The Morgan fingerprint density at radius 1 is 1.67 bits per heavy atom. The fourth-order valence-corrected chi connectivity index (χ4v) is 2.30. The zero-order valence-corrected chi connectivity index (χ0v) is 8.72. The quantitative estimate of drug-likeness (QED) is 0.456. The molecule has 2 rings (SSSR count). The predicted octanol–water partition coefficient (Wildman–Crippen LogP) is -0.377. The second kappa shape index (κ2) is 2.47. The van der Waals surface area contributed by atoms with E-state index in [0.717, 1.165) is 55.5 Å². The van der Waals surface area contributed by atoms with Crippen LogP contribution in [0.15, 0.2) is 6.07 Å². The summed E-state index contributed by atoms with van der Waals surface area (Å²) in [6.07, 6.45) is 2.55. The minimum atomic E-state index is 0.768. The van der Waals surface area contributed by atoms with Crippen molar-refractivity contribution in [3.05, 3.63) is 11.8 Å². The second-order valence-corrected chi connectivity index (χ2v) is 4.20. The fraction of sp³-hybridized carbons (Fsp3) is 0.500. The van der Waals surface area contributed by atoms with Gasteiger partial charge in [0.1, 0.15) is 0 Å². The number of rotatable bonds is 0. The number of nitrogens with zero attached hydrogens (tertiary/aromatic N) is 2. The maximum absolute atomic E-state index is 4.39. The van der Waals surface area contributed by atoms with Crippen molar-refractivity contribution in [2.45, 2.75) is 19.4 Å². The van der Waals surface area contributed by atoms with Crippen molar-refractivity contribution < 1.29 is 0 Å². The summed E-state index contributed by atoms with van der Waals surface area (Å²) in [6, 6.07) is 2.26. The van der Waals surface area contributed by atoms with Crippen molar-refractivity contribution in [2.24, 2.45) is 0 Å². The third-order valence-electron chi connectivity index (χ3n) is 1.79. The van der Waals surface area contributed by atoms with Crippen molar-refractivity contribution in [1.29, 1.82) is 0 Å². The first kappa shape index (κ1) is 6.55. The van der Waals surface area contributed by atoms with Gasteiger partial charge in [0.25, 0.3) is 0 Å². The van der Waals surface area contributed by atoms with Gasteiger partial charge in [0.05, 0.1) is 0 Å². The summed E-state index contributed by atoms with van der Waals surface area (Å²) in [5, 5.41) is 4.39. The van der Waals surface area contributed by atoms with E-state index >= 15 is 0 Å². The Morgan fingerprint density at radius 2 is 2.56 bits per heavy atom. The standard InChI is InChI=1S/C6H7N2.K/c1-2-6-3-4-7-8(6)5-1;/h3H,1-2,5H2;. The number of aryl methyl sites for hydroxylation is 2. The van der Waals surface area contributed by atoms with Crippen LogP contribution in [0.3, 0.4) is 0 Å². The summed E-state index contributed by atoms with van der Waals surface area (Å²) >= 11 is 0.768. The molecule has 0 saturated carbocycles. The molecular weight excluding hydrogens is 139 g/mol. The van der Waals surface area contributed by atoms with Crippen LogP contribution in [0.4, 0.5) is 0 Å². The van der Waals surface area contributed by atoms with E-state index < -0.39 is 0 Å². The van der Waals surface area contributed by atoms with Crippen molar-refractivity contribution in [3.8, 4) is 0 Å². The normalized spacial score (nSPS) is 16.2. The van der Waals surface area contributed by atoms with E-state index in [4.69, 9.17) is 0 Å². The average molecular weight is 146 g/mol. The van der Waals surface area contributed by atoms with Gasteiger partial charge in [-0.05, 0) is 0 Å². The molecule has 2 nitrogen and oxygen atoms in total. The Hall–Kier alpha value is 0.846. The van der Waals surface area contributed by atoms with Crippen LogP contribution in [0.25, 0.3) is 0 Å². The van der Waals surface area contributed by atoms with E-state index in [-0.39, 0.29) is 0 Å². The van der Waals surface area contributed by atoms with E-state index in [1.807, 2.05) is 0 Å². The van der Waals surface area contributed by atoms with Gasteiger partial charge in [-0.15, -0.1) is 0 Å². The van der Waals surface area contributed by atoms with Gasteiger partial charge in [-0.25, -0.2) is 0 Å². The van der Waals surface area contributed by atoms with Crippen molar-refractivity contribution in [3.63, 3.8) is 0 Å². The molecule has 42 valence electrons. The molecule has 1 aromatic rings. The van der Waals surface area contributed by atoms with Crippen LogP contribution in [0, 0.1) is 0 Å². The van der Waals surface area contributed by atoms with Crippen LogP contribution < -0.4 is -0.212 Å². The van der Waals surface area contributed by atoms with E-state index in [1.54, 1.807) is 0 Å². The van der Waals surface area contributed by atoms with Crippen LogP contribution in [0.1, 0.15) is 12.1 Å². The molecule has 0 aromatic carbocycles. The van der Waals surface area contributed by atoms with Crippen LogP contribution in [0.2, 0.25) is 0 Å². The Bertz CT molecular complexity index is 207. The Labute approximate surface area is 88.2 Å². The molecule has 0 atom stereocenters. The molecule has 3 heteroatoms. The van der Waals surface area contributed by atoms with Crippen LogP contribution in [0.5, 0.6) is 0 Å². The Morgan fingerprint density at radius 3 is 3.33 bits per heavy atom. The minimum absolute atomic E-state index is 0.768. The fourth-order valence-electron chi connectivity index (χ4n) is 1.40. The Balaban J connectivity index is 2.51. The van der Waals surface area contributed by atoms with E-state index in [0.29, 0.717) is 0 Å². The van der Waals surface area contributed by atoms with Gasteiger partial charge in [-0.1, -0.05) is 0 Å². The first-order chi connectivity index (χ1) is 4.36. The summed E-state index contributed by atoms with van der Waals surface area (Å²) in [7, 11) is 0. The summed E-state index contributed by atoms with van der Waals surface area (Å²) < 4.78 is 3.50. The van der Waals surface area contributed by atoms with Gasteiger partial charge in [0.15, 0.2) is 0 Å². The molecule has 0 spiro atoms. The maximum atomic E-state index is 4.39. The molecule has 0 aliphatic carbocycles. The van der Waals surface area contributed by atoms with Gasteiger partial charge in [0, 0.05) is 0 Å². The third kappa shape index (κ3) is 1.17. The number of hydrogen-bond donors (Lipinski definition) is 0. The molecule has 9 heavy (non-hydrogen) atoms. The van der Waals surface area contributed by atoms with E-state index in [2.05, 4.69) is 15.8 Å². The molecule has 2 heterocycles. The molecule has 0 fully saturated rings. The van der Waals surface area contributed by atoms with Crippen LogP contribution >= 0.6 is 0 Å². The molecule has 1 aliphatic heterocycles. The molecule has 0 N–H and O–H groups in total. The van der Waals surface area contributed by atoms with Gasteiger partial charge in [-0.3, -0.25) is 0 Å². The Kier molecular flexibility index (Phi) is 1.80. The zero-order chi connectivity index (χ0) is 6.27. The van der Waals surface area contributed by atoms with Gasteiger partial charge < -0.3 is 0 Å². The monoisotopic (exact) mass is 146 g/mol. The second-order valence-electron chi connectivity index (χ2n) is 2.60. The molecule has 1 aromatic heterocycles. The summed E-state index contributed by atoms with van der Waals surface area (Å²) in [4.78, 5) is 0. The van der Waals surface area contributed by atoms with Crippen molar-refractivity contribution >= 4 is 48.7 Å². The summed E-state index contributed by atoms with van der Waals surface area (Å²) in [6.45, 7) is 1.16. The molecular formula is C6H7KN2. The first-order valence-corrected chi connectivity index (χ1v) is 4.96. The molecule has 0 radical (unpaired) electrons. The number of fused-ring (bicyclic) bond motifs is 1. The molecule has 0 amide bonds. The first-order valence-electron chi connectivity index (χ1n) is 3.39. The average Bonchev–Trinajstić information content (AvgIpc) is 2.22. The van der Waals surface area contributed by atoms with Crippen LogP contribution in [-0.4, -0.2) is 58.7 Å². The van der Waals surface area contributed by atoms with Gasteiger partial charge in [0.2, 0.25) is 0 Å². The summed E-state index contributed by atoms with van der Waals surface area (Å²) in [5.41, 5.74) is 1.46. The van der Waals surface area contributed by atoms with Crippen molar-refractivity contribution in [1.82, 2.24) is 9.78 Å². The van der Waals surface area contributed by atoms with E-state index in [9.17, 15) is 0 Å². The summed E-state index contributed by atoms with van der Waals surface area (Å²) in [5.74, 6) is 0. The molecule has 0 bridgehead atoms. The van der Waals surface area contributed by atoms with E-state index in [1.165, 1.54) is 18.3 Å². The van der Waals surface area contributed by atoms with Crippen molar-refractivity contribution in [2.75, 3.05) is 0 Å². The predicted molar refractivity (Wildman–Crippen MR) is 35.9 cm³/mol. The van der Waals surface area contributed by atoms with Crippen LogP contribution in [-0.2, 0) is 13.0 Å².